The standard InChI is InChI=1S/C8H14O6S2/c1-15(11,12)4-2-8(7(9)10)3-5-16(13,14)6-8/h2-6H2,1H3,(H,9,10). The molecule has 94 valence electrons. The van der Waals surface area contributed by atoms with E-state index in [-0.39, 0.29) is 24.3 Å². The second-order valence-electron chi connectivity index (χ2n) is 4.31. The van der Waals surface area contributed by atoms with E-state index >= 15 is 0 Å². The minimum absolute atomic E-state index is 0.000185. The monoisotopic (exact) mass is 270 g/mol. The van der Waals surface area contributed by atoms with E-state index in [9.17, 15) is 21.6 Å². The third-order valence-electron chi connectivity index (χ3n) is 2.79. The predicted molar refractivity (Wildman–Crippen MR) is 57.7 cm³/mol. The smallest absolute Gasteiger partial charge is 0.310 e. The molecule has 0 aromatic carbocycles. The highest BCUT2D eigenvalue weighted by Crippen LogP contribution is 2.36. The first-order chi connectivity index (χ1) is 7.06. The Morgan fingerprint density at radius 1 is 1.44 bits per heavy atom. The largest absolute Gasteiger partial charge is 0.481 e. The van der Waals surface area contributed by atoms with Crippen LogP contribution in [0.15, 0.2) is 0 Å². The number of aliphatic carboxylic acids is 1. The zero-order chi connectivity index (χ0) is 12.6. The Labute approximate surface area is 94.5 Å². The van der Waals surface area contributed by atoms with Gasteiger partial charge in [0.05, 0.1) is 22.7 Å². The summed E-state index contributed by atoms with van der Waals surface area (Å²) < 4.78 is 44.5. The lowest BCUT2D eigenvalue weighted by atomic mass is 9.85. The number of carboxylic acid groups (broad SMARTS) is 1. The van der Waals surface area contributed by atoms with Gasteiger partial charge < -0.3 is 5.11 Å². The van der Waals surface area contributed by atoms with Crippen molar-refractivity contribution in [2.45, 2.75) is 12.8 Å². The Balaban J connectivity index is 2.89. The van der Waals surface area contributed by atoms with Gasteiger partial charge in [0.15, 0.2) is 9.84 Å². The maximum absolute atomic E-state index is 11.3. The minimum Gasteiger partial charge on any atom is -0.481 e. The van der Waals surface area contributed by atoms with Gasteiger partial charge in [0.1, 0.15) is 9.84 Å². The zero-order valence-electron chi connectivity index (χ0n) is 8.84. The number of sulfone groups is 2. The van der Waals surface area contributed by atoms with E-state index in [1.807, 2.05) is 0 Å². The molecule has 0 aromatic rings. The fourth-order valence-corrected chi connectivity index (χ4v) is 4.63. The van der Waals surface area contributed by atoms with Crippen LogP contribution in [0.1, 0.15) is 12.8 Å². The highest BCUT2D eigenvalue weighted by molar-refractivity contribution is 7.91. The molecule has 0 radical (unpaired) electrons. The van der Waals surface area contributed by atoms with Crippen molar-refractivity contribution in [3.8, 4) is 0 Å². The van der Waals surface area contributed by atoms with Crippen molar-refractivity contribution in [3.05, 3.63) is 0 Å². The van der Waals surface area contributed by atoms with Crippen LogP contribution in [0.3, 0.4) is 0 Å². The first-order valence-electron chi connectivity index (χ1n) is 4.68. The minimum atomic E-state index is -3.34. The quantitative estimate of drug-likeness (QED) is 0.725. The lowest BCUT2D eigenvalue weighted by molar-refractivity contribution is -0.147. The molecule has 0 amide bonds. The highest BCUT2D eigenvalue weighted by atomic mass is 32.2. The summed E-state index contributed by atoms with van der Waals surface area (Å²) in [5.41, 5.74) is -1.41. The van der Waals surface area contributed by atoms with Gasteiger partial charge in [-0.05, 0) is 12.8 Å². The maximum atomic E-state index is 11.3. The molecule has 1 N–H and O–H groups in total. The van der Waals surface area contributed by atoms with Gasteiger partial charge in [0.2, 0.25) is 0 Å². The highest BCUT2D eigenvalue weighted by Gasteiger charge is 2.48. The van der Waals surface area contributed by atoms with Gasteiger partial charge in [-0.3, -0.25) is 4.79 Å². The fraction of sp³-hybridized carbons (Fsp3) is 0.875. The van der Waals surface area contributed by atoms with Gasteiger partial charge >= 0.3 is 5.97 Å². The van der Waals surface area contributed by atoms with Crippen LogP contribution >= 0.6 is 0 Å². The SMILES string of the molecule is CS(=O)(=O)CCC1(C(=O)O)CCS(=O)(=O)C1. The number of hydrogen-bond acceptors (Lipinski definition) is 5. The van der Waals surface area contributed by atoms with Gasteiger partial charge in [-0.2, -0.15) is 0 Å². The van der Waals surface area contributed by atoms with E-state index in [0.717, 1.165) is 6.26 Å². The molecule has 1 fully saturated rings. The van der Waals surface area contributed by atoms with Crippen LogP contribution in [0, 0.1) is 5.41 Å². The van der Waals surface area contributed by atoms with Crippen LogP contribution in [-0.4, -0.2) is 51.4 Å². The van der Waals surface area contributed by atoms with E-state index in [2.05, 4.69) is 0 Å². The first-order valence-corrected chi connectivity index (χ1v) is 8.56. The molecule has 1 unspecified atom stereocenters. The molecular formula is C8H14O6S2. The Hall–Kier alpha value is -0.630. The van der Waals surface area contributed by atoms with Crippen molar-refractivity contribution in [1.29, 1.82) is 0 Å². The van der Waals surface area contributed by atoms with Crippen molar-refractivity contribution in [1.82, 2.24) is 0 Å². The summed E-state index contributed by atoms with van der Waals surface area (Å²) >= 11 is 0. The normalized spacial score (nSPS) is 29.1. The number of carbonyl (C=O) groups is 1. The number of rotatable bonds is 4. The third-order valence-corrected chi connectivity index (χ3v) is 5.56. The van der Waals surface area contributed by atoms with Crippen LogP contribution < -0.4 is 0 Å². The lowest BCUT2D eigenvalue weighted by Crippen LogP contribution is -2.34. The molecule has 1 rings (SSSR count). The zero-order valence-corrected chi connectivity index (χ0v) is 10.5. The van der Waals surface area contributed by atoms with Gasteiger partial charge in [0.25, 0.3) is 0 Å². The molecule has 0 aliphatic carbocycles. The summed E-state index contributed by atoms with van der Waals surface area (Å²) in [6.07, 6.45) is 0.868. The van der Waals surface area contributed by atoms with Gasteiger partial charge in [-0.1, -0.05) is 0 Å². The molecule has 1 aliphatic rings. The molecule has 0 spiro atoms. The Bertz CT molecular complexity index is 489. The summed E-state index contributed by atoms with van der Waals surface area (Å²) in [5.74, 6) is -2.15. The van der Waals surface area contributed by atoms with Gasteiger partial charge in [-0.15, -0.1) is 0 Å². The molecule has 6 nitrogen and oxygen atoms in total. The predicted octanol–water partition coefficient (Wildman–Crippen LogP) is -0.689. The molecule has 1 saturated heterocycles. The average molecular weight is 270 g/mol. The molecule has 1 atom stereocenters. The Morgan fingerprint density at radius 2 is 2.00 bits per heavy atom. The van der Waals surface area contributed by atoms with Crippen molar-refractivity contribution in [3.63, 3.8) is 0 Å². The molecule has 0 saturated carbocycles. The number of carboxylic acids is 1. The summed E-state index contributed by atoms with van der Waals surface area (Å²) in [7, 11) is -6.62. The summed E-state index contributed by atoms with van der Waals surface area (Å²) in [6.45, 7) is 0. The summed E-state index contributed by atoms with van der Waals surface area (Å²) in [6, 6.07) is 0. The maximum Gasteiger partial charge on any atom is 0.310 e. The molecule has 0 bridgehead atoms. The molecule has 16 heavy (non-hydrogen) atoms. The molecule has 0 aromatic heterocycles. The van der Waals surface area contributed by atoms with Crippen LogP contribution in [0.2, 0.25) is 0 Å². The second kappa shape index (κ2) is 3.99. The number of hydrogen-bond donors (Lipinski definition) is 1. The molecule has 1 heterocycles. The van der Waals surface area contributed by atoms with E-state index in [1.54, 1.807) is 0 Å². The lowest BCUT2D eigenvalue weighted by Gasteiger charge is -2.21. The van der Waals surface area contributed by atoms with E-state index in [4.69, 9.17) is 5.11 Å². The Morgan fingerprint density at radius 3 is 2.31 bits per heavy atom. The fourth-order valence-electron chi connectivity index (χ4n) is 1.77. The molecule has 8 heteroatoms. The summed E-state index contributed by atoms with van der Waals surface area (Å²) in [5, 5.41) is 9.03. The van der Waals surface area contributed by atoms with Crippen molar-refractivity contribution >= 4 is 25.6 Å². The molecular weight excluding hydrogens is 256 g/mol. The topological polar surface area (TPSA) is 106 Å². The van der Waals surface area contributed by atoms with Crippen molar-refractivity contribution in [2.75, 3.05) is 23.5 Å². The second-order valence-corrected chi connectivity index (χ2v) is 8.75. The molecule has 1 aliphatic heterocycles. The van der Waals surface area contributed by atoms with E-state index in [0.29, 0.717) is 0 Å². The first kappa shape index (κ1) is 13.4. The van der Waals surface area contributed by atoms with Crippen LogP contribution in [0.25, 0.3) is 0 Å². The van der Waals surface area contributed by atoms with E-state index < -0.39 is 36.8 Å². The van der Waals surface area contributed by atoms with E-state index in [1.165, 1.54) is 0 Å². The van der Waals surface area contributed by atoms with Crippen molar-refractivity contribution < 1.29 is 26.7 Å². The van der Waals surface area contributed by atoms with Gasteiger partial charge in [0, 0.05) is 6.26 Å². The van der Waals surface area contributed by atoms with Crippen LogP contribution in [0.5, 0.6) is 0 Å². The summed E-state index contributed by atoms with van der Waals surface area (Å²) in [4.78, 5) is 11.1. The van der Waals surface area contributed by atoms with Gasteiger partial charge in [-0.25, -0.2) is 16.8 Å². The van der Waals surface area contributed by atoms with Crippen LogP contribution in [-0.2, 0) is 24.5 Å². The van der Waals surface area contributed by atoms with Crippen molar-refractivity contribution in [2.24, 2.45) is 5.41 Å². The third kappa shape index (κ3) is 3.18. The average Bonchev–Trinajstić information content (AvgIpc) is 2.38. The Kier molecular flexibility index (Phi) is 3.35. The van der Waals surface area contributed by atoms with Crippen LogP contribution in [0.4, 0.5) is 0 Å².